The zero-order valence-corrected chi connectivity index (χ0v) is 11.3. The summed E-state index contributed by atoms with van der Waals surface area (Å²) < 4.78 is 0. The maximum atomic E-state index is 12.2. The van der Waals surface area contributed by atoms with Crippen molar-refractivity contribution in [3.63, 3.8) is 0 Å². The minimum absolute atomic E-state index is 0.227. The van der Waals surface area contributed by atoms with Gasteiger partial charge < -0.3 is 10.6 Å². The largest absolute Gasteiger partial charge is 0.340 e. The summed E-state index contributed by atoms with van der Waals surface area (Å²) in [6.07, 6.45) is 2.98. The van der Waals surface area contributed by atoms with Gasteiger partial charge >= 0.3 is 0 Å². The molecule has 0 radical (unpaired) electrons. The molecule has 1 amide bonds. The van der Waals surface area contributed by atoms with Gasteiger partial charge in [-0.3, -0.25) is 9.69 Å². The van der Waals surface area contributed by atoms with Crippen LogP contribution in [0.3, 0.4) is 0 Å². The van der Waals surface area contributed by atoms with Crippen LogP contribution in [-0.4, -0.2) is 55.0 Å². The lowest BCUT2D eigenvalue weighted by molar-refractivity contribution is -0.137. The summed E-state index contributed by atoms with van der Waals surface area (Å²) in [6, 6.07) is 0. The SMILES string of the molecule is CCC(CC)C(=O)N1CCN(CCCN)CC1. The Balaban J connectivity index is 2.33. The average molecular weight is 241 g/mol. The molecule has 100 valence electrons. The van der Waals surface area contributed by atoms with Crippen LogP contribution in [0.5, 0.6) is 0 Å². The van der Waals surface area contributed by atoms with Gasteiger partial charge in [-0.1, -0.05) is 13.8 Å². The number of hydrogen-bond donors (Lipinski definition) is 1. The van der Waals surface area contributed by atoms with Crippen molar-refractivity contribution < 1.29 is 4.79 Å². The highest BCUT2D eigenvalue weighted by Crippen LogP contribution is 2.13. The molecule has 0 aromatic rings. The smallest absolute Gasteiger partial charge is 0.225 e. The van der Waals surface area contributed by atoms with Crippen LogP contribution in [0.2, 0.25) is 0 Å². The van der Waals surface area contributed by atoms with Crippen LogP contribution in [0.4, 0.5) is 0 Å². The molecule has 0 atom stereocenters. The van der Waals surface area contributed by atoms with Crippen molar-refractivity contribution in [3.8, 4) is 0 Å². The second-order valence-corrected chi connectivity index (χ2v) is 4.82. The summed E-state index contributed by atoms with van der Waals surface area (Å²) in [4.78, 5) is 16.6. The van der Waals surface area contributed by atoms with Gasteiger partial charge in [0.15, 0.2) is 0 Å². The third-order valence-electron chi connectivity index (χ3n) is 3.70. The summed E-state index contributed by atoms with van der Waals surface area (Å²) >= 11 is 0. The zero-order valence-electron chi connectivity index (χ0n) is 11.3. The van der Waals surface area contributed by atoms with E-state index in [1.807, 2.05) is 4.90 Å². The molecule has 1 aliphatic heterocycles. The van der Waals surface area contributed by atoms with E-state index in [0.717, 1.165) is 58.5 Å². The van der Waals surface area contributed by atoms with Crippen molar-refractivity contribution >= 4 is 5.91 Å². The molecule has 1 aliphatic rings. The van der Waals surface area contributed by atoms with Crippen molar-refractivity contribution in [3.05, 3.63) is 0 Å². The molecular formula is C13H27N3O. The minimum atomic E-state index is 0.227. The topological polar surface area (TPSA) is 49.6 Å². The fourth-order valence-corrected chi connectivity index (χ4v) is 2.40. The molecule has 1 rings (SSSR count). The number of hydrogen-bond acceptors (Lipinski definition) is 3. The monoisotopic (exact) mass is 241 g/mol. The predicted molar refractivity (Wildman–Crippen MR) is 70.8 cm³/mol. The van der Waals surface area contributed by atoms with E-state index in [1.54, 1.807) is 0 Å². The van der Waals surface area contributed by atoms with Gasteiger partial charge in [-0.2, -0.15) is 0 Å². The summed E-state index contributed by atoms with van der Waals surface area (Å²) in [7, 11) is 0. The van der Waals surface area contributed by atoms with E-state index >= 15 is 0 Å². The van der Waals surface area contributed by atoms with E-state index in [0.29, 0.717) is 5.91 Å². The Kier molecular flexibility index (Phi) is 6.52. The van der Waals surface area contributed by atoms with Crippen LogP contribution >= 0.6 is 0 Å². The maximum absolute atomic E-state index is 12.2. The molecule has 0 bridgehead atoms. The zero-order chi connectivity index (χ0) is 12.7. The molecule has 1 heterocycles. The third kappa shape index (κ3) is 4.28. The fourth-order valence-electron chi connectivity index (χ4n) is 2.40. The lowest BCUT2D eigenvalue weighted by Gasteiger charge is -2.36. The van der Waals surface area contributed by atoms with Crippen molar-refractivity contribution in [2.75, 3.05) is 39.3 Å². The number of nitrogens with zero attached hydrogens (tertiary/aromatic N) is 2. The Hall–Kier alpha value is -0.610. The number of piperazine rings is 1. The second-order valence-electron chi connectivity index (χ2n) is 4.82. The molecule has 0 aliphatic carbocycles. The molecule has 17 heavy (non-hydrogen) atoms. The first-order valence-electron chi connectivity index (χ1n) is 6.94. The normalized spacial score (nSPS) is 17.8. The predicted octanol–water partition coefficient (Wildman–Crippen LogP) is 0.916. The second kappa shape index (κ2) is 7.67. The van der Waals surface area contributed by atoms with Gasteiger partial charge in [0.1, 0.15) is 0 Å². The molecule has 0 aromatic carbocycles. The van der Waals surface area contributed by atoms with Crippen molar-refractivity contribution in [1.82, 2.24) is 9.80 Å². The Morgan fingerprint density at radius 3 is 2.24 bits per heavy atom. The number of rotatable bonds is 6. The van der Waals surface area contributed by atoms with E-state index in [1.165, 1.54) is 0 Å². The summed E-state index contributed by atoms with van der Waals surface area (Å²) in [5.41, 5.74) is 5.51. The molecule has 4 heteroatoms. The van der Waals surface area contributed by atoms with E-state index < -0.39 is 0 Å². The van der Waals surface area contributed by atoms with Crippen LogP contribution in [0, 0.1) is 5.92 Å². The lowest BCUT2D eigenvalue weighted by Crippen LogP contribution is -2.50. The third-order valence-corrected chi connectivity index (χ3v) is 3.70. The van der Waals surface area contributed by atoms with E-state index in [4.69, 9.17) is 5.73 Å². The summed E-state index contributed by atoms with van der Waals surface area (Å²) in [6.45, 7) is 9.82. The molecule has 0 unspecified atom stereocenters. The first-order chi connectivity index (χ1) is 8.22. The fraction of sp³-hybridized carbons (Fsp3) is 0.923. The quantitative estimate of drug-likeness (QED) is 0.752. The van der Waals surface area contributed by atoms with Crippen LogP contribution in [-0.2, 0) is 4.79 Å². The maximum Gasteiger partial charge on any atom is 0.225 e. The van der Waals surface area contributed by atoms with E-state index in [9.17, 15) is 4.79 Å². The van der Waals surface area contributed by atoms with Crippen molar-refractivity contribution in [2.24, 2.45) is 11.7 Å². The molecule has 0 aromatic heterocycles. The standard InChI is InChI=1S/C13H27N3O/c1-3-12(4-2)13(17)16-10-8-15(9-11-16)7-5-6-14/h12H,3-11,14H2,1-2H3. The van der Waals surface area contributed by atoms with Gasteiger partial charge in [-0.25, -0.2) is 0 Å². The number of carbonyl (C=O) groups is 1. The molecule has 2 N–H and O–H groups in total. The molecule has 0 spiro atoms. The highest BCUT2D eigenvalue weighted by Gasteiger charge is 2.24. The summed E-state index contributed by atoms with van der Waals surface area (Å²) in [5, 5.41) is 0. The van der Waals surface area contributed by atoms with Crippen LogP contribution in [0.15, 0.2) is 0 Å². The Morgan fingerprint density at radius 1 is 1.18 bits per heavy atom. The van der Waals surface area contributed by atoms with Gasteiger partial charge in [-0.05, 0) is 32.4 Å². The number of amides is 1. The van der Waals surface area contributed by atoms with Gasteiger partial charge in [0.05, 0.1) is 0 Å². The van der Waals surface area contributed by atoms with Gasteiger partial charge in [0.25, 0.3) is 0 Å². The number of carbonyl (C=O) groups excluding carboxylic acids is 1. The van der Waals surface area contributed by atoms with Gasteiger partial charge in [-0.15, -0.1) is 0 Å². The van der Waals surface area contributed by atoms with Crippen molar-refractivity contribution in [1.29, 1.82) is 0 Å². The van der Waals surface area contributed by atoms with Crippen molar-refractivity contribution in [2.45, 2.75) is 33.1 Å². The highest BCUT2D eigenvalue weighted by molar-refractivity contribution is 5.78. The molecule has 4 nitrogen and oxygen atoms in total. The van der Waals surface area contributed by atoms with Crippen LogP contribution < -0.4 is 5.73 Å². The Morgan fingerprint density at radius 2 is 1.76 bits per heavy atom. The van der Waals surface area contributed by atoms with Gasteiger partial charge in [0, 0.05) is 32.1 Å². The molecule has 1 saturated heterocycles. The first-order valence-corrected chi connectivity index (χ1v) is 6.94. The molecule has 0 saturated carbocycles. The molecular weight excluding hydrogens is 214 g/mol. The Bertz CT molecular complexity index is 221. The Labute approximate surface area is 105 Å². The lowest BCUT2D eigenvalue weighted by atomic mass is 10.0. The van der Waals surface area contributed by atoms with E-state index in [-0.39, 0.29) is 5.92 Å². The summed E-state index contributed by atoms with van der Waals surface area (Å²) in [5.74, 6) is 0.582. The highest BCUT2D eigenvalue weighted by atomic mass is 16.2. The minimum Gasteiger partial charge on any atom is -0.340 e. The van der Waals surface area contributed by atoms with Crippen LogP contribution in [0.25, 0.3) is 0 Å². The average Bonchev–Trinajstić information content (AvgIpc) is 2.38. The number of nitrogens with two attached hydrogens (primary N) is 1. The molecule has 1 fully saturated rings. The van der Waals surface area contributed by atoms with Gasteiger partial charge in [0.2, 0.25) is 5.91 Å². The van der Waals surface area contributed by atoms with E-state index in [2.05, 4.69) is 18.7 Å². The van der Waals surface area contributed by atoms with Crippen LogP contribution in [0.1, 0.15) is 33.1 Å². The first kappa shape index (κ1) is 14.5.